The Morgan fingerprint density at radius 2 is 2.22 bits per heavy atom. The van der Waals surface area contributed by atoms with E-state index >= 15 is 0 Å². The summed E-state index contributed by atoms with van der Waals surface area (Å²) in [5, 5.41) is 0. The Morgan fingerprint density at radius 1 is 1.50 bits per heavy atom. The third-order valence-electron chi connectivity index (χ3n) is 2.51. The van der Waals surface area contributed by atoms with E-state index in [0.717, 1.165) is 11.5 Å². The molecule has 0 aromatic carbocycles. The molecule has 1 aromatic rings. The van der Waals surface area contributed by atoms with Crippen molar-refractivity contribution in [3.63, 3.8) is 0 Å². The van der Waals surface area contributed by atoms with Crippen molar-refractivity contribution in [3.8, 4) is 0 Å². The van der Waals surface area contributed by atoms with Crippen molar-refractivity contribution in [2.45, 2.75) is 45.9 Å². The van der Waals surface area contributed by atoms with Crippen LogP contribution in [0.3, 0.4) is 0 Å². The van der Waals surface area contributed by atoms with Crippen LogP contribution in [0.4, 0.5) is 4.79 Å². The summed E-state index contributed by atoms with van der Waals surface area (Å²) < 4.78 is 10.8. The van der Waals surface area contributed by atoms with Crippen LogP contribution in [0.5, 0.6) is 0 Å². The van der Waals surface area contributed by atoms with Crippen LogP contribution in [0, 0.1) is 0 Å². The van der Waals surface area contributed by atoms with E-state index in [1.165, 1.54) is 0 Å². The van der Waals surface area contributed by atoms with E-state index in [4.69, 9.17) is 14.9 Å². The van der Waals surface area contributed by atoms with Gasteiger partial charge in [0.2, 0.25) is 0 Å². The first-order valence-electron chi connectivity index (χ1n) is 6.04. The second-order valence-electron chi connectivity index (χ2n) is 5.35. The molecule has 1 aromatic heterocycles. The maximum absolute atomic E-state index is 11.9. The lowest BCUT2D eigenvalue weighted by atomic mass is 10.2. The van der Waals surface area contributed by atoms with E-state index in [-0.39, 0.29) is 6.09 Å². The Labute approximate surface area is 106 Å². The van der Waals surface area contributed by atoms with Gasteiger partial charge in [0.15, 0.2) is 5.89 Å². The standard InChI is InChI=1S/C12H19N3O3/c1-12(2,3)18-11(16)15-6-8-9(7-15)17-10(14-8)4-5-13/h4-7,13H2,1-3H3. The zero-order chi connectivity index (χ0) is 13.3. The van der Waals surface area contributed by atoms with Gasteiger partial charge >= 0.3 is 6.09 Å². The summed E-state index contributed by atoms with van der Waals surface area (Å²) in [4.78, 5) is 17.7. The first kappa shape index (κ1) is 12.9. The molecule has 6 heteroatoms. The molecule has 0 radical (unpaired) electrons. The monoisotopic (exact) mass is 253 g/mol. The van der Waals surface area contributed by atoms with E-state index in [9.17, 15) is 4.79 Å². The van der Waals surface area contributed by atoms with E-state index in [2.05, 4.69) is 4.98 Å². The third kappa shape index (κ3) is 2.81. The van der Waals surface area contributed by atoms with Crippen molar-refractivity contribution >= 4 is 6.09 Å². The minimum Gasteiger partial charge on any atom is -0.444 e. The molecule has 1 amide bonds. The molecule has 6 nitrogen and oxygen atoms in total. The number of rotatable bonds is 2. The van der Waals surface area contributed by atoms with Gasteiger partial charge in [0.05, 0.1) is 13.1 Å². The van der Waals surface area contributed by atoms with Crippen LogP contribution in [-0.4, -0.2) is 28.1 Å². The molecule has 0 saturated carbocycles. The number of nitrogens with zero attached hydrogens (tertiary/aromatic N) is 2. The van der Waals surface area contributed by atoms with Crippen LogP contribution in [-0.2, 0) is 24.2 Å². The Morgan fingerprint density at radius 3 is 2.78 bits per heavy atom. The summed E-state index contributed by atoms with van der Waals surface area (Å²) in [6, 6.07) is 0. The minimum atomic E-state index is -0.487. The number of fused-ring (bicyclic) bond motifs is 1. The highest BCUT2D eigenvalue weighted by molar-refractivity contribution is 5.68. The van der Waals surface area contributed by atoms with Crippen molar-refractivity contribution in [2.75, 3.05) is 6.54 Å². The highest BCUT2D eigenvalue weighted by Gasteiger charge is 2.31. The van der Waals surface area contributed by atoms with Crippen LogP contribution in [0.25, 0.3) is 0 Å². The van der Waals surface area contributed by atoms with Gasteiger partial charge in [-0.2, -0.15) is 0 Å². The predicted octanol–water partition coefficient (Wildman–Crippen LogP) is 1.43. The molecule has 0 aliphatic carbocycles. The van der Waals surface area contributed by atoms with Gasteiger partial charge in [-0.05, 0) is 20.8 Å². The van der Waals surface area contributed by atoms with Gasteiger partial charge in [-0.3, -0.25) is 4.90 Å². The average Bonchev–Trinajstić information content (AvgIpc) is 2.72. The Kier molecular flexibility index (Phi) is 3.30. The van der Waals surface area contributed by atoms with Crippen LogP contribution in [0.15, 0.2) is 4.42 Å². The first-order chi connectivity index (χ1) is 8.39. The molecule has 0 unspecified atom stereocenters. The number of aromatic nitrogens is 1. The van der Waals surface area contributed by atoms with Gasteiger partial charge in [0.1, 0.15) is 17.1 Å². The van der Waals surface area contributed by atoms with Crippen LogP contribution in [0.1, 0.15) is 38.1 Å². The van der Waals surface area contributed by atoms with Crippen molar-refractivity contribution in [1.29, 1.82) is 0 Å². The number of nitrogens with two attached hydrogens (primary N) is 1. The maximum atomic E-state index is 11.9. The second kappa shape index (κ2) is 4.61. The molecular weight excluding hydrogens is 234 g/mol. The highest BCUT2D eigenvalue weighted by atomic mass is 16.6. The normalized spacial score (nSPS) is 14.8. The SMILES string of the molecule is CC(C)(C)OC(=O)N1Cc2nc(CCN)oc2C1. The van der Waals surface area contributed by atoms with Crippen LogP contribution >= 0.6 is 0 Å². The topological polar surface area (TPSA) is 81.6 Å². The molecule has 2 N–H and O–H groups in total. The molecule has 18 heavy (non-hydrogen) atoms. The van der Waals surface area contributed by atoms with E-state index < -0.39 is 5.60 Å². The summed E-state index contributed by atoms with van der Waals surface area (Å²) in [6.07, 6.45) is 0.287. The van der Waals surface area contributed by atoms with E-state index in [0.29, 0.717) is 31.9 Å². The summed E-state index contributed by atoms with van der Waals surface area (Å²) in [5.74, 6) is 1.38. The molecule has 0 spiro atoms. The van der Waals surface area contributed by atoms with Crippen molar-refractivity contribution in [2.24, 2.45) is 5.73 Å². The van der Waals surface area contributed by atoms with Gasteiger partial charge in [0.25, 0.3) is 0 Å². The number of hydrogen-bond donors (Lipinski definition) is 1. The van der Waals surface area contributed by atoms with E-state index in [1.54, 1.807) is 4.90 Å². The minimum absolute atomic E-state index is 0.337. The molecule has 2 heterocycles. The fourth-order valence-electron chi connectivity index (χ4n) is 1.78. The summed E-state index contributed by atoms with van der Waals surface area (Å²) in [6.45, 7) is 6.90. The number of hydrogen-bond acceptors (Lipinski definition) is 5. The van der Waals surface area contributed by atoms with Crippen molar-refractivity contribution in [3.05, 3.63) is 17.3 Å². The maximum Gasteiger partial charge on any atom is 0.411 e. The second-order valence-corrected chi connectivity index (χ2v) is 5.35. The third-order valence-corrected chi connectivity index (χ3v) is 2.51. The Balaban J connectivity index is 1.98. The zero-order valence-electron chi connectivity index (χ0n) is 11.0. The predicted molar refractivity (Wildman–Crippen MR) is 64.7 cm³/mol. The van der Waals surface area contributed by atoms with Gasteiger partial charge in [-0.15, -0.1) is 0 Å². The lowest BCUT2D eigenvalue weighted by Gasteiger charge is -2.23. The highest BCUT2D eigenvalue weighted by Crippen LogP contribution is 2.25. The molecular formula is C12H19N3O3. The molecule has 1 aliphatic rings. The first-order valence-corrected chi connectivity index (χ1v) is 6.04. The quantitative estimate of drug-likeness (QED) is 0.862. The van der Waals surface area contributed by atoms with Gasteiger partial charge < -0.3 is 14.9 Å². The molecule has 2 rings (SSSR count). The number of amides is 1. The lowest BCUT2D eigenvalue weighted by molar-refractivity contribution is 0.0231. The van der Waals surface area contributed by atoms with Crippen molar-refractivity contribution < 1.29 is 13.9 Å². The molecule has 100 valence electrons. The van der Waals surface area contributed by atoms with E-state index in [1.807, 2.05) is 20.8 Å². The Bertz CT molecular complexity index is 424. The molecule has 0 bridgehead atoms. The number of ether oxygens (including phenoxy) is 1. The number of carbonyl (C=O) groups is 1. The summed E-state index contributed by atoms with van der Waals surface area (Å²) >= 11 is 0. The average molecular weight is 253 g/mol. The lowest BCUT2D eigenvalue weighted by Crippen LogP contribution is -2.33. The molecule has 0 fully saturated rings. The van der Waals surface area contributed by atoms with Crippen LogP contribution < -0.4 is 5.73 Å². The molecule has 0 saturated heterocycles. The van der Waals surface area contributed by atoms with Crippen LogP contribution in [0.2, 0.25) is 0 Å². The summed E-state index contributed by atoms with van der Waals surface area (Å²) in [5.41, 5.74) is 5.76. The van der Waals surface area contributed by atoms with Gasteiger partial charge in [0, 0.05) is 13.0 Å². The fraction of sp³-hybridized carbons (Fsp3) is 0.667. The zero-order valence-corrected chi connectivity index (χ0v) is 11.0. The molecule has 1 aliphatic heterocycles. The van der Waals surface area contributed by atoms with Gasteiger partial charge in [-0.25, -0.2) is 9.78 Å². The largest absolute Gasteiger partial charge is 0.444 e. The fourth-order valence-corrected chi connectivity index (χ4v) is 1.78. The smallest absolute Gasteiger partial charge is 0.411 e. The summed E-state index contributed by atoms with van der Waals surface area (Å²) in [7, 11) is 0. The number of oxazole rings is 1. The van der Waals surface area contributed by atoms with Crippen molar-refractivity contribution in [1.82, 2.24) is 9.88 Å². The number of carbonyl (C=O) groups excluding carboxylic acids is 1. The molecule has 0 atom stereocenters. The van der Waals surface area contributed by atoms with Gasteiger partial charge in [-0.1, -0.05) is 0 Å². The Hall–Kier alpha value is -1.56.